The molecule has 116 valence electrons. The first-order valence-electron chi connectivity index (χ1n) is 6.94. The first-order valence-corrected chi connectivity index (χ1v) is 7.73. The molecule has 1 amide bonds. The molecule has 0 spiro atoms. The normalized spacial score (nSPS) is 11.9. The van der Waals surface area contributed by atoms with Crippen molar-refractivity contribution < 1.29 is 25.3 Å². The number of carboxylic acids is 1. The van der Waals surface area contributed by atoms with Gasteiger partial charge in [-0.1, -0.05) is 15.9 Å². The van der Waals surface area contributed by atoms with Crippen molar-refractivity contribution in [3.8, 4) is 0 Å². The molecule has 6 nitrogen and oxygen atoms in total. The Morgan fingerprint density at radius 1 is 1.29 bits per heavy atom. The Morgan fingerprint density at radius 2 is 1.95 bits per heavy atom. The smallest absolute Gasteiger partial charge is 0.283 e. The lowest BCUT2D eigenvalue weighted by Crippen LogP contribution is -2.99. The van der Waals surface area contributed by atoms with Crippen molar-refractivity contribution in [2.24, 2.45) is 0 Å². The number of anilines is 1. The topological polar surface area (TPSA) is 102 Å². The number of benzene rings is 1. The molecule has 0 aliphatic carbocycles. The Labute approximate surface area is 132 Å². The van der Waals surface area contributed by atoms with Gasteiger partial charge in [-0.2, -0.15) is 0 Å². The van der Waals surface area contributed by atoms with Crippen LogP contribution in [0.5, 0.6) is 0 Å². The van der Waals surface area contributed by atoms with Crippen LogP contribution in [0.2, 0.25) is 0 Å². The fourth-order valence-corrected chi connectivity index (χ4v) is 2.11. The number of hydrogen-bond acceptors (Lipinski definition) is 3. The van der Waals surface area contributed by atoms with Crippen LogP contribution in [0.1, 0.15) is 13.3 Å². The summed E-state index contributed by atoms with van der Waals surface area (Å²) < 4.78 is 0.911. The van der Waals surface area contributed by atoms with Crippen LogP contribution >= 0.6 is 15.9 Å². The monoisotopic (exact) mass is 358 g/mol. The minimum Gasteiger partial charge on any atom is -0.550 e. The van der Waals surface area contributed by atoms with E-state index in [0.717, 1.165) is 17.6 Å². The third kappa shape index (κ3) is 7.22. The highest BCUT2D eigenvalue weighted by Gasteiger charge is 2.22. The Morgan fingerprint density at radius 3 is 2.52 bits per heavy atom. The largest absolute Gasteiger partial charge is 0.550 e. The predicted octanol–water partition coefficient (Wildman–Crippen LogP) is -1.96. The van der Waals surface area contributed by atoms with Gasteiger partial charge in [0.2, 0.25) is 0 Å². The summed E-state index contributed by atoms with van der Waals surface area (Å²) in [4.78, 5) is 22.9. The van der Waals surface area contributed by atoms with Crippen LogP contribution in [0.3, 0.4) is 0 Å². The minimum absolute atomic E-state index is 0.297. The van der Waals surface area contributed by atoms with Crippen LogP contribution in [-0.4, -0.2) is 37.6 Å². The molecule has 1 aromatic carbocycles. The fraction of sp³-hybridized carbons (Fsp3) is 0.429. The molecule has 7 heteroatoms. The number of quaternary nitrogens is 2. The molecule has 5 N–H and O–H groups in total. The molecule has 0 aromatic heterocycles. The molecule has 21 heavy (non-hydrogen) atoms. The zero-order chi connectivity index (χ0) is 15.7. The maximum absolute atomic E-state index is 12.1. The molecule has 0 aliphatic rings. The van der Waals surface area contributed by atoms with Gasteiger partial charge in [0.1, 0.15) is 13.1 Å². The van der Waals surface area contributed by atoms with Gasteiger partial charge in [0.05, 0.1) is 6.54 Å². The van der Waals surface area contributed by atoms with Crippen LogP contribution in [0.25, 0.3) is 0 Å². The van der Waals surface area contributed by atoms with Gasteiger partial charge >= 0.3 is 0 Å². The molecule has 0 bridgehead atoms. The number of carbonyl (C=O) groups excluding carboxylic acids is 2. The summed E-state index contributed by atoms with van der Waals surface area (Å²) in [5, 5.41) is 17.3. The molecular formula is C14H21BrN3O3+. The predicted molar refractivity (Wildman–Crippen MR) is 80.3 cm³/mol. The van der Waals surface area contributed by atoms with Gasteiger partial charge in [-0.15, -0.1) is 0 Å². The first-order chi connectivity index (χ1) is 10.0. The fourth-order valence-electron chi connectivity index (χ4n) is 1.85. The van der Waals surface area contributed by atoms with E-state index in [1.54, 1.807) is 17.4 Å². The van der Waals surface area contributed by atoms with Gasteiger partial charge < -0.3 is 25.9 Å². The number of carboxylic acid groups (broad SMARTS) is 1. The van der Waals surface area contributed by atoms with Crippen LogP contribution in [0.15, 0.2) is 28.7 Å². The van der Waals surface area contributed by atoms with E-state index in [4.69, 9.17) is 0 Å². The maximum atomic E-state index is 12.1. The summed E-state index contributed by atoms with van der Waals surface area (Å²) in [7, 11) is 0. The van der Waals surface area contributed by atoms with Gasteiger partial charge in [0, 0.05) is 22.6 Å². The summed E-state index contributed by atoms with van der Waals surface area (Å²) in [5.74, 6) is -1.54. The van der Waals surface area contributed by atoms with E-state index < -0.39 is 12.0 Å². The molecule has 1 aromatic rings. The second-order valence-electron chi connectivity index (χ2n) is 4.69. The Kier molecular flexibility index (Phi) is 7.96. The molecule has 0 unspecified atom stereocenters. The SMILES string of the molecule is CC[NH2+]CC[NH2+][C@H](CC(=O)[O-])C(=O)Nc1ccc(Br)cc1. The van der Waals surface area contributed by atoms with Crippen molar-refractivity contribution in [1.29, 1.82) is 0 Å². The maximum Gasteiger partial charge on any atom is 0.283 e. The second kappa shape index (κ2) is 9.49. The molecule has 0 fully saturated rings. The zero-order valence-electron chi connectivity index (χ0n) is 12.0. The van der Waals surface area contributed by atoms with Crippen molar-refractivity contribution in [2.45, 2.75) is 19.4 Å². The third-order valence-electron chi connectivity index (χ3n) is 2.95. The lowest BCUT2D eigenvalue weighted by Gasteiger charge is -2.15. The van der Waals surface area contributed by atoms with Crippen LogP contribution in [0.4, 0.5) is 5.69 Å². The highest BCUT2D eigenvalue weighted by Crippen LogP contribution is 2.14. The molecule has 0 radical (unpaired) electrons. The van der Waals surface area contributed by atoms with Gasteiger partial charge in [-0.3, -0.25) is 4.79 Å². The van der Waals surface area contributed by atoms with Gasteiger partial charge in [0.25, 0.3) is 5.91 Å². The Hall–Kier alpha value is -1.44. The number of nitrogens with two attached hydrogens (primary N) is 2. The van der Waals surface area contributed by atoms with Gasteiger partial charge in [0.15, 0.2) is 6.04 Å². The number of nitrogens with one attached hydrogen (secondary N) is 1. The van der Waals surface area contributed by atoms with Crippen molar-refractivity contribution in [3.05, 3.63) is 28.7 Å². The van der Waals surface area contributed by atoms with Crippen LogP contribution in [-0.2, 0) is 9.59 Å². The zero-order valence-corrected chi connectivity index (χ0v) is 13.6. The van der Waals surface area contributed by atoms with Crippen LogP contribution in [0, 0.1) is 0 Å². The van der Waals surface area contributed by atoms with Crippen LogP contribution < -0.4 is 21.1 Å². The quantitative estimate of drug-likeness (QED) is 0.446. The van der Waals surface area contributed by atoms with E-state index in [0.29, 0.717) is 12.2 Å². The number of rotatable bonds is 9. The number of hydrogen-bond donors (Lipinski definition) is 3. The molecule has 1 rings (SSSR count). The van der Waals surface area contributed by atoms with Gasteiger partial charge in [-0.05, 0) is 31.2 Å². The number of aliphatic carboxylic acids is 1. The average Bonchev–Trinajstić information content (AvgIpc) is 2.44. The molecule has 0 aliphatic heterocycles. The molecular weight excluding hydrogens is 338 g/mol. The molecule has 0 saturated carbocycles. The van der Waals surface area contributed by atoms with E-state index in [9.17, 15) is 14.7 Å². The van der Waals surface area contributed by atoms with E-state index in [1.807, 2.05) is 19.1 Å². The Balaban J connectivity index is 2.57. The number of halogens is 1. The van der Waals surface area contributed by atoms with Crippen molar-refractivity contribution in [2.75, 3.05) is 25.0 Å². The second-order valence-corrected chi connectivity index (χ2v) is 5.60. The highest BCUT2D eigenvalue weighted by atomic mass is 79.9. The summed E-state index contributed by atoms with van der Waals surface area (Å²) >= 11 is 3.31. The highest BCUT2D eigenvalue weighted by molar-refractivity contribution is 9.10. The first kappa shape index (κ1) is 17.6. The van der Waals surface area contributed by atoms with Gasteiger partial charge in [-0.25, -0.2) is 0 Å². The summed E-state index contributed by atoms with van der Waals surface area (Å²) in [6, 6.07) is 6.45. The lowest BCUT2D eigenvalue weighted by atomic mass is 10.2. The van der Waals surface area contributed by atoms with E-state index in [-0.39, 0.29) is 12.3 Å². The molecule has 1 atom stereocenters. The minimum atomic E-state index is -1.22. The number of likely N-dealkylation sites (N-methyl/N-ethyl adjacent to an activating group) is 1. The standard InChI is InChI=1S/C14H20BrN3O3/c1-2-16-7-8-17-12(9-13(19)20)14(21)18-11-5-3-10(15)4-6-11/h3-6,12,16-17H,2,7-9H2,1H3,(H,18,21)(H,19,20)/p+1/t12-/m1/s1. The van der Waals surface area contributed by atoms with Crippen molar-refractivity contribution in [1.82, 2.24) is 0 Å². The van der Waals surface area contributed by atoms with E-state index >= 15 is 0 Å². The molecule has 0 heterocycles. The van der Waals surface area contributed by atoms with Crippen molar-refractivity contribution in [3.63, 3.8) is 0 Å². The Bertz CT molecular complexity index is 465. The molecule has 0 saturated heterocycles. The third-order valence-corrected chi connectivity index (χ3v) is 3.47. The lowest BCUT2D eigenvalue weighted by molar-refractivity contribution is -0.732. The summed E-state index contributed by atoms with van der Waals surface area (Å²) in [6.45, 7) is 4.52. The summed E-state index contributed by atoms with van der Waals surface area (Å²) in [5.41, 5.74) is 0.639. The summed E-state index contributed by atoms with van der Waals surface area (Å²) in [6.07, 6.45) is -0.297. The number of carbonyl (C=O) groups is 2. The van der Waals surface area contributed by atoms with Crippen molar-refractivity contribution >= 4 is 33.5 Å². The van der Waals surface area contributed by atoms with E-state index in [1.165, 1.54) is 0 Å². The number of amides is 1. The average molecular weight is 359 g/mol. The van der Waals surface area contributed by atoms with E-state index in [2.05, 4.69) is 26.6 Å².